The van der Waals surface area contributed by atoms with Gasteiger partial charge in [-0.2, -0.15) is 0 Å². The lowest BCUT2D eigenvalue weighted by atomic mass is 9.98. The molecule has 1 saturated carbocycles. The van der Waals surface area contributed by atoms with Gasteiger partial charge >= 0.3 is 0 Å². The molecule has 0 aromatic heterocycles. The third-order valence-electron chi connectivity index (χ3n) is 3.50. The Kier molecular flexibility index (Phi) is 3.15. The molecule has 1 aliphatic carbocycles. The molecular formula is C11H20ClN. The molecular weight excluding hydrogens is 182 g/mol. The summed E-state index contributed by atoms with van der Waals surface area (Å²) in [5, 5.41) is 0.396. The fourth-order valence-corrected chi connectivity index (χ4v) is 2.38. The monoisotopic (exact) mass is 201 g/mol. The van der Waals surface area contributed by atoms with Crippen LogP contribution in [0.25, 0.3) is 0 Å². The second-order valence-electron chi connectivity index (χ2n) is 4.81. The number of hydrogen-bond donors (Lipinski definition) is 0. The fourth-order valence-electron chi connectivity index (χ4n) is 2.06. The molecule has 2 aliphatic rings. The standard InChI is InChI=1S/C11H20ClN/c1-9-4-6-13(8-11(9)12)7-5-10-2-3-10/h9-11H,2-8H2,1H3. The predicted octanol–water partition coefficient (Wildman–Crippen LogP) is 2.74. The maximum absolute atomic E-state index is 6.25. The highest BCUT2D eigenvalue weighted by Crippen LogP contribution is 2.33. The molecule has 2 unspecified atom stereocenters. The topological polar surface area (TPSA) is 3.24 Å². The minimum atomic E-state index is 0.396. The van der Waals surface area contributed by atoms with Gasteiger partial charge in [-0.1, -0.05) is 19.8 Å². The van der Waals surface area contributed by atoms with Crippen LogP contribution in [-0.2, 0) is 0 Å². The second-order valence-corrected chi connectivity index (χ2v) is 5.38. The minimum absolute atomic E-state index is 0.396. The van der Waals surface area contributed by atoms with Gasteiger partial charge in [-0.3, -0.25) is 0 Å². The van der Waals surface area contributed by atoms with Crippen LogP contribution < -0.4 is 0 Å². The SMILES string of the molecule is CC1CCN(CCC2CC2)CC1Cl. The summed E-state index contributed by atoms with van der Waals surface area (Å²) in [6, 6.07) is 0. The Morgan fingerprint density at radius 1 is 1.31 bits per heavy atom. The maximum atomic E-state index is 6.25. The van der Waals surface area contributed by atoms with Gasteiger partial charge in [0.2, 0.25) is 0 Å². The summed E-state index contributed by atoms with van der Waals surface area (Å²) in [6.45, 7) is 5.96. The average Bonchev–Trinajstić information content (AvgIpc) is 2.91. The van der Waals surface area contributed by atoms with Gasteiger partial charge in [0.25, 0.3) is 0 Å². The molecule has 2 rings (SSSR count). The van der Waals surface area contributed by atoms with E-state index in [0.717, 1.165) is 18.4 Å². The van der Waals surface area contributed by atoms with Gasteiger partial charge in [0.15, 0.2) is 0 Å². The van der Waals surface area contributed by atoms with Gasteiger partial charge in [-0.25, -0.2) is 0 Å². The number of hydrogen-bond acceptors (Lipinski definition) is 1. The Morgan fingerprint density at radius 2 is 2.08 bits per heavy atom. The van der Waals surface area contributed by atoms with Crippen molar-refractivity contribution in [2.24, 2.45) is 11.8 Å². The molecule has 2 atom stereocenters. The van der Waals surface area contributed by atoms with Crippen LogP contribution in [0.15, 0.2) is 0 Å². The van der Waals surface area contributed by atoms with Crippen LogP contribution in [0.3, 0.4) is 0 Å². The summed E-state index contributed by atoms with van der Waals surface area (Å²) < 4.78 is 0. The maximum Gasteiger partial charge on any atom is 0.0489 e. The molecule has 1 aliphatic heterocycles. The lowest BCUT2D eigenvalue weighted by Crippen LogP contribution is -2.40. The predicted molar refractivity (Wildman–Crippen MR) is 57.2 cm³/mol. The van der Waals surface area contributed by atoms with Crippen molar-refractivity contribution in [2.45, 2.75) is 38.0 Å². The summed E-state index contributed by atoms with van der Waals surface area (Å²) in [4.78, 5) is 2.55. The van der Waals surface area contributed by atoms with E-state index in [1.807, 2.05) is 0 Å². The molecule has 0 radical (unpaired) electrons. The molecule has 1 heterocycles. The fraction of sp³-hybridized carbons (Fsp3) is 1.00. The number of rotatable bonds is 3. The molecule has 2 heteroatoms. The van der Waals surface area contributed by atoms with Crippen LogP contribution in [0, 0.1) is 11.8 Å². The molecule has 13 heavy (non-hydrogen) atoms. The molecule has 0 N–H and O–H groups in total. The van der Waals surface area contributed by atoms with E-state index >= 15 is 0 Å². The van der Waals surface area contributed by atoms with Gasteiger partial charge in [0.05, 0.1) is 0 Å². The van der Waals surface area contributed by atoms with Gasteiger partial charge in [-0.15, -0.1) is 11.6 Å². The number of piperidine rings is 1. The zero-order chi connectivity index (χ0) is 9.26. The third-order valence-corrected chi connectivity index (χ3v) is 4.07. The summed E-state index contributed by atoms with van der Waals surface area (Å²) in [5.41, 5.74) is 0. The minimum Gasteiger partial charge on any atom is -0.302 e. The van der Waals surface area contributed by atoms with Crippen LogP contribution in [0.1, 0.15) is 32.6 Å². The highest BCUT2D eigenvalue weighted by Gasteiger charge is 2.26. The van der Waals surface area contributed by atoms with Crippen LogP contribution in [0.2, 0.25) is 0 Å². The molecule has 0 spiro atoms. The highest BCUT2D eigenvalue weighted by molar-refractivity contribution is 6.21. The lowest BCUT2D eigenvalue weighted by molar-refractivity contribution is 0.192. The van der Waals surface area contributed by atoms with Crippen molar-refractivity contribution in [3.8, 4) is 0 Å². The van der Waals surface area contributed by atoms with Crippen molar-refractivity contribution in [3.63, 3.8) is 0 Å². The summed E-state index contributed by atoms with van der Waals surface area (Å²) in [6.07, 6.45) is 5.67. The number of alkyl halides is 1. The second kappa shape index (κ2) is 4.18. The van der Waals surface area contributed by atoms with E-state index in [1.54, 1.807) is 0 Å². The smallest absolute Gasteiger partial charge is 0.0489 e. The van der Waals surface area contributed by atoms with E-state index in [9.17, 15) is 0 Å². The number of halogens is 1. The Bertz CT molecular complexity index is 167. The first-order valence-electron chi connectivity index (χ1n) is 5.62. The largest absolute Gasteiger partial charge is 0.302 e. The van der Waals surface area contributed by atoms with Gasteiger partial charge in [0.1, 0.15) is 0 Å². The summed E-state index contributed by atoms with van der Waals surface area (Å²) >= 11 is 6.25. The summed E-state index contributed by atoms with van der Waals surface area (Å²) in [7, 11) is 0. The quantitative estimate of drug-likeness (QED) is 0.635. The van der Waals surface area contributed by atoms with E-state index in [4.69, 9.17) is 11.6 Å². The van der Waals surface area contributed by atoms with Gasteiger partial charge < -0.3 is 4.90 Å². The lowest BCUT2D eigenvalue weighted by Gasteiger charge is -2.33. The molecule has 0 aromatic rings. The third kappa shape index (κ3) is 2.85. The van der Waals surface area contributed by atoms with Gasteiger partial charge in [0, 0.05) is 11.9 Å². The first kappa shape index (κ1) is 9.79. The molecule has 0 bridgehead atoms. The normalized spacial score (nSPS) is 36.5. The number of nitrogens with zero attached hydrogens (tertiary/aromatic N) is 1. The van der Waals surface area contributed by atoms with Crippen molar-refractivity contribution < 1.29 is 0 Å². The Morgan fingerprint density at radius 3 is 2.69 bits per heavy atom. The zero-order valence-electron chi connectivity index (χ0n) is 8.51. The van der Waals surface area contributed by atoms with Crippen LogP contribution in [0.5, 0.6) is 0 Å². The van der Waals surface area contributed by atoms with Crippen molar-refractivity contribution in [1.29, 1.82) is 0 Å². The van der Waals surface area contributed by atoms with Crippen molar-refractivity contribution in [3.05, 3.63) is 0 Å². The molecule has 0 amide bonds. The van der Waals surface area contributed by atoms with Crippen LogP contribution >= 0.6 is 11.6 Å². The Labute approximate surface area is 86.4 Å². The van der Waals surface area contributed by atoms with Crippen LogP contribution in [-0.4, -0.2) is 29.9 Å². The van der Waals surface area contributed by atoms with E-state index in [0.29, 0.717) is 5.38 Å². The first-order valence-corrected chi connectivity index (χ1v) is 6.06. The molecule has 1 saturated heterocycles. The Balaban J connectivity index is 1.68. The van der Waals surface area contributed by atoms with Gasteiger partial charge in [-0.05, 0) is 37.8 Å². The molecule has 0 aromatic carbocycles. The number of likely N-dealkylation sites (tertiary alicyclic amines) is 1. The molecule has 76 valence electrons. The molecule has 2 fully saturated rings. The van der Waals surface area contributed by atoms with E-state index < -0.39 is 0 Å². The first-order chi connectivity index (χ1) is 6.25. The summed E-state index contributed by atoms with van der Waals surface area (Å²) in [5.74, 6) is 1.78. The van der Waals surface area contributed by atoms with E-state index in [-0.39, 0.29) is 0 Å². The average molecular weight is 202 g/mol. The highest BCUT2D eigenvalue weighted by atomic mass is 35.5. The van der Waals surface area contributed by atoms with E-state index in [2.05, 4.69) is 11.8 Å². The van der Waals surface area contributed by atoms with E-state index in [1.165, 1.54) is 38.8 Å². The zero-order valence-corrected chi connectivity index (χ0v) is 9.26. The van der Waals surface area contributed by atoms with Crippen LogP contribution in [0.4, 0.5) is 0 Å². The molecule has 1 nitrogen and oxygen atoms in total. The van der Waals surface area contributed by atoms with Crippen molar-refractivity contribution >= 4 is 11.6 Å². The van der Waals surface area contributed by atoms with Crippen molar-refractivity contribution in [2.75, 3.05) is 19.6 Å². The Hall–Kier alpha value is 0.250. The van der Waals surface area contributed by atoms with Crippen molar-refractivity contribution in [1.82, 2.24) is 4.90 Å².